The van der Waals surface area contributed by atoms with Crippen molar-refractivity contribution in [2.75, 3.05) is 0 Å². The summed E-state index contributed by atoms with van der Waals surface area (Å²) in [4.78, 5) is 34.5. The minimum absolute atomic E-state index is 0.486. The maximum Gasteiger partial charge on any atom is 0.328 e. The molecule has 0 fully saturated rings. The van der Waals surface area contributed by atoms with Gasteiger partial charge in [-0.05, 0) is 25.7 Å². The van der Waals surface area contributed by atoms with Crippen molar-refractivity contribution in [1.82, 2.24) is 4.90 Å². The van der Waals surface area contributed by atoms with E-state index in [2.05, 4.69) is 0 Å². The van der Waals surface area contributed by atoms with Gasteiger partial charge in [0.2, 0.25) is 0 Å². The molecule has 5 heteroatoms. The molecule has 1 aliphatic heterocycles. The quantitative estimate of drug-likeness (QED) is 0.563. The summed E-state index contributed by atoms with van der Waals surface area (Å²) in [6.45, 7) is 0. The van der Waals surface area contributed by atoms with Gasteiger partial charge in [-0.2, -0.15) is 4.90 Å². The van der Waals surface area contributed by atoms with Crippen molar-refractivity contribution in [2.24, 2.45) is 5.73 Å². The van der Waals surface area contributed by atoms with E-state index in [-0.39, 0.29) is 0 Å². The van der Waals surface area contributed by atoms with Crippen LogP contribution in [0.25, 0.3) is 0 Å². The van der Waals surface area contributed by atoms with Crippen LogP contribution in [0, 0.1) is 0 Å². The highest BCUT2D eigenvalue weighted by Gasteiger charge is 2.41. The topological polar surface area (TPSA) is 80.5 Å². The van der Waals surface area contributed by atoms with Crippen molar-refractivity contribution < 1.29 is 14.4 Å². The number of nitrogens with zero attached hydrogens (tertiary/aromatic N) is 1. The summed E-state index contributed by atoms with van der Waals surface area (Å²) in [5.74, 6) is -1.03. The predicted molar refractivity (Wildman–Crippen MR) is 46.9 cm³/mol. The molecular weight excluding hydrogens is 184 g/mol. The summed E-state index contributed by atoms with van der Waals surface area (Å²) in [6, 6.07) is -0.977. The van der Waals surface area contributed by atoms with Crippen molar-refractivity contribution in [2.45, 2.75) is 25.7 Å². The SMILES string of the molecule is NC(=O)N1C(=O)C2=C(CCCC2)C1=O. The highest BCUT2D eigenvalue weighted by Crippen LogP contribution is 2.32. The van der Waals surface area contributed by atoms with Gasteiger partial charge >= 0.3 is 6.03 Å². The van der Waals surface area contributed by atoms with Crippen LogP contribution in [0.1, 0.15) is 25.7 Å². The molecule has 2 N–H and O–H groups in total. The molecule has 0 saturated carbocycles. The lowest BCUT2D eigenvalue weighted by molar-refractivity contribution is -0.133. The first-order valence-corrected chi connectivity index (χ1v) is 4.53. The third-order valence-corrected chi connectivity index (χ3v) is 2.61. The van der Waals surface area contributed by atoms with Crippen molar-refractivity contribution in [1.29, 1.82) is 0 Å². The molecule has 0 aromatic heterocycles. The number of rotatable bonds is 0. The molecule has 1 aliphatic carbocycles. The van der Waals surface area contributed by atoms with E-state index in [1.165, 1.54) is 0 Å². The van der Waals surface area contributed by atoms with Gasteiger partial charge in [-0.15, -0.1) is 0 Å². The fraction of sp³-hybridized carbons (Fsp3) is 0.444. The largest absolute Gasteiger partial charge is 0.351 e. The molecule has 0 radical (unpaired) electrons. The first-order valence-electron chi connectivity index (χ1n) is 4.53. The van der Waals surface area contributed by atoms with Crippen molar-refractivity contribution >= 4 is 17.8 Å². The zero-order valence-electron chi connectivity index (χ0n) is 7.58. The zero-order valence-corrected chi connectivity index (χ0v) is 7.58. The average molecular weight is 194 g/mol. The van der Waals surface area contributed by atoms with E-state index in [0.29, 0.717) is 28.9 Å². The molecule has 14 heavy (non-hydrogen) atoms. The van der Waals surface area contributed by atoms with E-state index in [1.54, 1.807) is 0 Å². The summed E-state index contributed by atoms with van der Waals surface area (Å²) >= 11 is 0. The Hall–Kier alpha value is -1.65. The molecule has 5 nitrogen and oxygen atoms in total. The summed E-state index contributed by atoms with van der Waals surface area (Å²) < 4.78 is 0. The van der Waals surface area contributed by atoms with E-state index in [4.69, 9.17) is 5.73 Å². The van der Waals surface area contributed by atoms with Crippen LogP contribution < -0.4 is 5.73 Å². The summed E-state index contributed by atoms with van der Waals surface area (Å²) in [7, 11) is 0. The third-order valence-electron chi connectivity index (χ3n) is 2.61. The Morgan fingerprint density at radius 1 is 1.07 bits per heavy atom. The van der Waals surface area contributed by atoms with Gasteiger partial charge < -0.3 is 5.73 Å². The van der Waals surface area contributed by atoms with Crippen molar-refractivity contribution in [3.8, 4) is 0 Å². The highest BCUT2D eigenvalue weighted by molar-refractivity contribution is 6.27. The lowest BCUT2D eigenvalue weighted by atomic mass is 9.93. The molecule has 4 amide bonds. The number of imide groups is 3. The second kappa shape index (κ2) is 2.94. The first-order chi connectivity index (χ1) is 6.63. The zero-order chi connectivity index (χ0) is 10.3. The van der Waals surface area contributed by atoms with Crippen molar-refractivity contribution in [3.63, 3.8) is 0 Å². The van der Waals surface area contributed by atoms with Crippen LogP contribution in [0.4, 0.5) is 4.79 Å². The standard InChI is InChI=1S/C9H10N2O3/c10-9(14)11-7(12)5-3-1-2-4-6(5)8(11)13/h1-4H2,(H2,10,14). The molecule has 0 bridgehead atoms. The molecular formula is C9H10N2O3. The van der Waals surface area contributed by atoms with Gasteiger partial charge in [0.15, 0.2) is 0 Å². The summed E-state index contributed by atoms with van der Waals surface area (Å²) in [5, 5.41) is 0. The molecule has 2 rings (SSSR count). The Morgan fingerprint density at radius 3 is 1.86 bits per heavy atom. The number of nitrogens with two attached hydrogens (primary N) is 1. The molecule has 0 saturated heterocycles. The second-order valence-electron chi connectivity index (χ2n) is 3.45. The Balaban J connectivity index is 2.39. The molecule has 0 aromatic rings. The number of urea groups is 1. The van der Waals surface area contributed by atoms with Crippen LogP contribution in [0.2, 0.25) is 0 Å². The van der Waals surface area contributed by atoms with Gasteiger partial charge in [-0.3, -0.25) is 9.59 Å². The molecule has 2 aliphatic rings. The Kier molecular flexibility index (Phi) is 1.87. The Bertz CT molecular complexity index is 342. The number of hydrogen-bond donors (Lipinski definition) is 1. The highest BCUT2D eigenvalue weighted by atomic mass is 16.2. The van der Waals surface area contributed by atoms with Gasteiger partial charge in [-0.1, -0.05) is 0 Å². The lowest BCUT2D eigenvalue weighted by Gasteiger charge is -2.08. The number of amides is 4. The number of primary amides is 1. The normalized spacial score (nSPS) is 21.6. The summed E-state index contributed by atoms with van der Waals surface area (Å²) in [5.41, 5.74) is 5.92. The van der Waals surface area contributed by atoms with E-state index in [0.717, 1.165) is 12.8 Å². The molecule has 74 valence electrons. The van der Waals surface area contributed by atoms with Gasteiger partial charge in [0.25, 0.3) is 11.8 Å². The predicted octanol–water partition coefficient (Wildman–Crippen LogP) is 0.305. The van der Waals surface area contributed by atoms with Gasteiger partial charge in [0.1, 0.15) is 0 Å². The first kappa shape index (κ1) is 8.93. The van der Waals surface area contributed by atoms with Crippen LogP contribution >= 0.6 is 0 Å². The Labute approximate surface area is 80.5 Å². The third kappa shape index (κ3) is 1.05. The van der Waals surface area contributed by atoms with Crippen LogP contribution in [0.15, 0.2) is 11.1 Å². The number of carbonyl (C=O) groups excluding carboxylic acids is 3. The molecule has 0 aromatic carbocycles. The fourth-order valence-corrected chi connectivity index (χ4v) is 1.94. The van der Waals surface area contributed by atoms with Gasteiger partial charge in [0.05, 0.1) is 0 Å². The Morgan fingerprint density at radius 2 is 1.50 bits per heavy atom. The average Bonchev–Trinajstić information content (AvgIpc) is 2.41. The maximum absolute atomic E-state index is 11.5. The van der Waals surface area contributed by atoms with Crippen LogP contribution in [-0.2, 0) is 9.59 Å². The summed E-state index contributed by atoms with van der Waals surface area (Å²) in [6.07, 6.45) is 2.96. The minimum Gasteiger partial charge on any atom is -0.351 e. The maximum atomic E-state index is 11.5. The fourth-order valence-electron chi connectivity index (χ4n) is 1.94. The molecule has 0 unspecified atom stereocenters. The van der Waals surface area contributed by atoms with Crippen molar-refractivity contribution in [3.05, 3.63) is 11.1 Å². The number of carbonyl (C=O) groups is 3. The van der Waals surface area contributed by atoms with Crippen LogP contribution in [0.3, 0.4) is 0 Å². The molecule has 0 atom stereocenters. The van der Waals surface area contributed by atoms with Gasteiger partial charge in [-0.25, -0.2) is 4.79 Å². The van der Waals surface area contributed by atoms with E-state index in [1.807, 2.05) is 0 Å². The smallest absolute Gasteiger partial charge is 0.328 e. The lowest BCUT2D eigenvalue weighted by Crippen LogP contribution is -2.41. The minimum atomic E-state index is -0.977. The van der Waals surface area contributed by atoms with E-state index in [9.17, 15) is 14.4 Å². The van der Waals surface area contributed by atoms with E-state index >= 15 is 0 Å². The monoisotopic (exact) mass is 194 g/mol. The van der Waals surface area contributed by atoms with Gasteiger partial charge in [0, 0.05) is 11.1 Å². The molecule has 0 spiro atoms. The van der Waals surface area contributed by atoms with Crippen LogP contribution in [0.5, 0.6) is 0 Å². The van der Waals surface area contributed by atoms with E-state index < -0.39 is 17.8 Å². The second-order valence-corrected chi connectivity index (χ2v) is 3.45. The number of hydrogen-bond acceptors (Lipinski definition) is 3. The molecule has 1 heterocycles. The van der Waals surface area contributed by atoms with Crippen LogP contribution in [-0.4, -0.2) is 22.7 Å².